The van der Waals surface area contributed by atoms with E-state index in [4.69, 9.17) is 4.74 Å². The standard InChI is InChI=1S/C16H25NO/c1-13(2)18-16-11-9-15(10-12-16)17-14-7-5-3-4-6-8-14/h9-14,17H,3-8H2,1-2H3. The highest BCUT2D eigenvalue weighted by Gasteiger charge is 2.11. The van der Waals surface area contributed by atoms with Gasteiger partial charge in [0.25, 0.3) is 0 Å². The quantitative estimate of drug-likeness (QED) is 0.785. The maximum absolute atomic E-state index is 5.65. The molecule has 1 saturated carbocycles. The molecule has 0 spiro atoms. The number of hydrogen-bond acceptors (Lipinski definition) is 2. The van der Waals surface area contributed by atoms with Crippen LogP contribution in [0.5, 0.6) is 5.75 Å². The van der Waals surface area contributed by atoms with Crippen LogP contribution in [0.4, 0.5) is 5.69 Å². The SMILES string of the molecule is CC(C)Oc1ccc(NC2CCCCCC2)cc1. The fraction of sp³-hybridized carbons (Fsp3) is 0.625. The molecule has 0 heterocycles. The van der Waals surface area contributed by atoms with E-state index in [9.17, 15) is 0 Å². The first-order chi connectivity index (χ1) is 8.74. The highest BCUT2D eigenvalue weighted by atomic mass is 16.5. The summed E-state index contributed by atoms with van der Waals surface area (Å²) in [6.45, 7) is 4.11. The molecule has 1 aromatic rings. The van der Waals surface area contributed by atoms with Gasteiger partial charge in [0.2, 0.25) is 0 Å². The molecule has 0 atom stereocenters. The molecule has 0 bridgehead atoms. The predicted octanol–water partition coefficient (Wildman–Crippen LogP) is 4.61. The first-order valence-corrected chi connectivity index (χ1v) is 7.27. The minimum absolute atomic E-state index is 0.241. The summed E-state index contributed by atoms with van der Waals surface area (Å²) in [4.78, 5) is 0. The van der Waals surface area contributed by atoms with Gasteiger partial charge in [0.1, 0.15) is 5.75 Å². The lowest BCUT2D eigenvalue weighted by molar-refractivity contribution is 0.242. The van der Waals surface area contributed by atoms with E-state index in [1.165, 1.54) is 44.2 Å². The number of ether oxygens (including phenoxy) is 1. The van der Waals surface area contributed by atoms with E-state index in [1.807, 2.05) is 0 Å². The van der Waals surface area contributed by atoms with Gasteiger partial charge in [-0.2, -0.15) is 0 Å². The van der Waals surface area contributed by atoms with Gasteiger partial charge in [-0.05, 0) is 51.0 Å². The maximum Gasteiger partial charge on any atom is 0.119 e. The van der Waals surface area contributed by atoms with Crippen molar-refractivity contribution in [3.05, 3.63) is 24.3 Å². The number of hydrogen-bond donors (Lipinski definition) is 1. The molecule has 1 aromatic carbocycles. The minimum atomic E-state index is 0.241. The van der Waals surface area contributed by atoms with Crippen LogP contribution in [-0.4, -0.2) is 12.1 Å². The van der Waals surface area contributed by atoms with E-state index < -0.39 is 0 Å². The third kappa shape index (κ3) is 4.25. The summed E-state index contributed by atoms with van der Waals surface area (Å²) in [6.07, 6.45) is 8.40. The number of nitrogens with one attached hydrogen (secondary N) is 1. The molecular formula is C16H25NO. The molecule has 2 rings (SSSR count). The second-order valence-corrected chi connectivity index (χ2v) is 5.52. The molecule has 1 fully saturated rings. The Labute approximate surface area is 111 Å². The van der Waals surface area contributed by atoms with Crippen LogP contribution in [0.25, 0.3) is 0 Å². The Morgan fingerprint density at radius 1 is 1.00 bits per heavy atom. The van der Waals surface area contributed by atoms with Crippen molar-refractivity contribution in [2.75, 3.05) is 5.32 Å². The number of anilines is 1. The summed E-state index contributed by atoms with van der Waals surface area (Å²) in [7, 11) is 0. The van der Waals surface area contributed by atoms with E-state index in [-0.39, 0.29) is 6.10 Å². The molecule has 1 aliphatic rings. The Bertz CT molecular complexity index is 337. The van der Waals surface area contributed by atoms with Gasteiger partial charge in [-0.15, -0.1) is 0 Å². The predicted molar refractivity (Wildman–Crippen MR) is 77.3 cm³/mol. The van der Waals surface area contributed by atoms with Gasteiger partial charge < -0.3 is 10.1 Å². The van der Waals surface area contributed by atoms with Crippen LogP contribution < -0.4 is 10.1 Å². The minimum Gasteiger partial charge on any atom is -0.491 e. The topological polar surface area (TPSA) is 21.3 Å². The zero-order valence-electron chi connectivity index (χ0n) is 11.6. The summed E-state index contributed by atoms with van der Waals surface area (Å²) in [5.41, 5.74) is 1.22. The molecule has 0 aromatic heterocycles. The summed E-state index contributed by atoms with van der Waals surface area (Å²) >= 11 is 0. The second-order valence-electron chi connectivity index (χ2n) is 5.52. The van der Waals surface area contributed by atoms with Gasteiger partial charge in [0.15, 0.2) is 0 Å². The van der Waals surface area contributed by atoms with Crippen molar-refractivity contribution in [2.24, 2.45) is 0 Å². The van der Waals surface area contributed by atoms with Crippen molar-refractivity contribution >= 4 is 5.69 Å². The Morgan fingerprint density at radius 2 is 1.61 bits per heavy atom. The molecule has 0 aliphatic heterocycles. The highest BCUT2D eigenvalue weighted by Crippen LogP contribution is 2.22. The second kappa shape index (κ2) is 6.67. The monoisotopic (exact) mass is 247 g/mol. The Morgan fingerprint density at radius 3 is 2.17 bits per heavy atom. The summed E-state index contributed by atoms with van der Waals surface area (Å²) in [5.74, 6) is 0.955. The molecule has 0 amide bonds. The van der Waals surface area contributed by atoms with Crippen molar-refractivity contribution in [1.29, 1.82) is 0 Å². The summed E-state index contributed by atoms with van der Waals surface area (Å²) < 4.78 is 5.65. The van der Waals surface area contributed by atoms with Crippen molar-refractivity contribution in [3.8, 4) is 5.75 Å². The van der Waals surface area contributed by atoms with Gasteiger partial charge >= 0.3 is 0 Å². The summed E-state index contributed by atoms with van der Waals surface area (Å²) in [5, 5.41) is 3.65. The molecule has 18 heavy (non-hydrogen) atoms. The van der Waals surface area contributed by atoms with Crippen molar-refractivity contribution < 1.29 is 4.74 Å². The van der Waals surface area contributed by atoms with Crippen LogP contribution >= 0.6 is 0 Å². The molecule has 1 N–H and O–H groups in total. The van der Waals surface area contributed by atoms with Gasteiger partial charge in [0, 0.05) is 11.7 Å². The van der Waals surface area contributed by atoms with Gasteiger partial charge in [-0.1, -0.05) is 25.7 Å². The molecule has 2 nitrogen and oxygen atoms in total. The van der Waals surface area contributed by atoms with E-state index in [2.05, 4.69) is 43.4 Å². The lowest BCUT2D eigenvalue weighted by Crippen LogP contribution is -2.18. The van der Waals surface area contributed by atoms with Crippen molar-refractivity contribution in [3.63, 3.8) is 0 Å². The van der Waals surface area contributed by atoms with Crippen LogP contribution in [0.3, 0.4) is 0 Å². The van der Waals surface area contributed by atoms with Crippen LogP contribution in [-0.2, 0) is 0 Å². The fourth-order valence-corrected chi connectivity index (χ4v) is 2.56. The van der Waals surface area contributed by atoms with Crippen LogP contribution in [0.1, 0.15) is 52.4 Å². The van der Waals surface area contributed by atoms with Crippen molar-refractivity contribution in [2.45, 2.75) is 64.5 Å². The molecular weight excluding hydrogens is 222 g/mol. The molecule has 1 aliphatic carbocycles. The van der Waals surface area contributed by atoms with E-state index in [0.29, 0.717) is 6.04 Å². The first kappa shape index (κ1) is 13.3. The van der Waals surface area contributed by atoms with Crippen LogP contribution in [0.15, 0.2) is 24.3 Å². The molecule has 0 unspecified atom stereocenters. The van der Waals surface area contributed by atoms with Crippen LogP contribution in [0.2, 0.25) is 0 Å². The maximum atomic E-state index is 5.65. The van der Waals surface area contributed by atoms with Gasteiger partial charge in [0.05, 0.1) is 6.10 Å². The number of rotatable bonds is 4. The molecule has 2 heteroatoms. The highest BCUT2D eigenvalue weighted by molar-refractivity contribution is 5.47. The Balaban J connectivity index is 1.88. The summed E-state index contributed by atoms with van der Waals surface area (Å²) in [6, 6.07) is 9.02. The van der Waals surface area contributed by atoms with E-state index in [0.717, 1.165) is 5.75 Å². The Kier molecular flexibility index (Phi) is 4.91. The lowest BCUT2D eigenvalue weighted by atomic mass is 10.1. The van der Waals surface area contributed by atoms with E-state index >= 15 is 0 Å². The zero-order chi connectivity index (χ0) is 12.8. The zero-order valence-corrected chi connectivity index (χ0v) is 11.6. The lowest BCUT2D eigenvalue weighted by Gasteiger charge is -2.18. The molecule has 100 valence electrons. The van der Waals surface area contributed by atoms with E-state index in [1.54, 1.807) is 0 Å². The van der Waals surface area contributed by atoms with Crippen LogP contribution in [0, 0.1) is 0 Å². The average molecular weight is 247 g/mol. The molecule has 0 radical (unpaired) electrons. The fourth-order valence-electron chi connectivity index (χ4n) is 2.56. The first-order valence-electron chi connectivity index (χ1n) is 7.27. The normalized spacial score (nSPS) is 17.5. The smallest absolute Gasteiger partial charge is 0.119 e. The largest absolute Gasteiger partial charge is 0.491 e. The Hall–Kier alpha value is -1.18. The van der Waals surface area contributed by atoms with Gasteiger partial charge in [-0.25, -0.2) is 0 Å². The molecule has 0 saturated heterocycles. The third-order valence-electron chi connectivity index (χ3n) is 3.45. The van der Waals surface area contributed by atoms with Gasteiger partial charge in [-0.3, -0.25) is 0 Å². The third-order valence-corrected chi connectivity index (χ3v) is 3.45. The average Bonchev–Trinajstić information content (AvgIpc) is 2.60. The number of benzene rings is 1. The van der Waals surface area contributed by atoms with Crippen molar-refractivity contribution in [1.82, 2.24) is 0 Å².